The van der Waals surface area contributed by atoms with Crippen LogP contribution in [-0.4, -0.2) is 25.7 Å². The van der Waals surface area contributed by atoms with Gasteiger partial charge in [0.2, 0.25) is 0 Å². The van der Waals surface area contributed by atoms with Gasteiger partial charge in [-0.2, -0.15) is 0 Å². The maximum absolute atomic E-state index is 6.24. The number of hydrogen-bond acceptors (Lipinski definition) is 2. The highest BCUT2D eigenvalue weighted by atomic mass is 35.5. The van der Waals surface area contributed by atoms with E-state index in [1.54, 1.807) is 0 Å². The number of nitrogens with one attached hydrogen (secondary N) is 1. The van der Waals surface area contributed by atoms with Crippen LogP contribution in [0.3, 0.4) is 0 Å². The SMILES string of the molecule is CCCC1CN(c2ccc(Cl)cc2Cl)CCN1. The minimum absolute atomic E-state index is 0.570. The quantitative estimate of drug-likeness (QED) is 0.905. The third-order valence-electron chi connectivity index (χ3n) is 3.14. The van der Waals surface area contributed by atoms with Crippen molar-refractivity contribution in [3.63, 3.8) is 0 Å². The lowest BCUT2D eigenvalue weighted by molar-refractivity contribution is 0.431. The van der Waals surface area contributed by atoms with Crippen molar-refractivity contribution in [2.24, 2.45) is 0 Å². The van der Waals surface area contributed by atoms with E-state index in [1.165, 1.54) is 12.8 Å². The molecule has 0 amide bonds. The zero-order valence-electron chi connectivity index (χ0n) is 10.0. The molecule has 0 saturated carbocycles. The average Bonchev–Trinajstić information content (AvgIpc) is 2.29. The molecule has 0 radical (unpaired) electrons. The smallest absolute Gasteiger partial charge is 0.0654 e. The summed E-state index contributed by atoms with van der Waals surface area (Å²) in [5, 5.41) is 4.98. The van der Waals surface area contributed by atoms with E-state index in [0.29, 0.717) is 11.1 Å². The standard InChI is InChI=1S/C13H18Cl2N2/c1-2-3-11-9-17(7-6-16-11)13-5-4-10(14)8-12(13)15/h4-5,8,11,16H,2-3,6-7,9H2,1H3. The van der Waals surface area contributed by atoms with E-state index in [0.717, 1.165) is 30.3 Å². The zero-order chi connectivity index (χ0) is 12.3. The molecular formula is C13H18Cl2N2. The van der Waals surface area contributed by atoms with Gasteiger partial charge in [0.15, 0.2) is 0 Å². The van der Waals surface area contributed by atoms with Crippen LogP contribution in [-0.2, 0) is 0 Å². The van der Waals surface area contributed by atoms with Crippen LogP contribution in [0, 0.1) is 0 Å². The lowest BCUT2D eigenvalue weighted by Crippen LogP contribution is -2.50. The number of benzene rings is 1. The highest BCUT2D eigenvalue weighted by Crippen LogP contribution is 2.29. The van der Waals surface area contributed by atoms with Crippen molar-refractivity contribution in [2.45, 2.75) is 25.8 Å². The Morgan fingerprint density at radius 1 is 1.41 bits per heavy atom. The number of piperazine rings is 1. The van der Waals surface area contributed by atoms with Gasteiger partial charge in [-0.1, -0.05) is 36.5 Å². The van der Waals surface area contributed by atoms with Crippen LogP contribution in [0.1, 0.15) is 19.8 Å². The lowest BCUT2D eigenvalue weighted by atomic mass is 10.1. The van der Waals surface area contributed by atoms with Gasteiger partial charge in [-0.25, -0.2) is 0 Å². The molecule has 1 heterocycles. The lowest BCUT2D eigenvalue weighted by Gasteiger charge is -2.35. The van der Waals surface area contributed by atoms with E-state index in [1.807, 2.05) is 18.2 Å². The minimum atomic E-state index is 0.570. The molecule has 1 aromatic carbocycles. The summed E-state index contributed by atoms with van der Waals surface area (Å²) in [6, 6.07) is 6.30. The van der Waals surface area contributed by atoms with E-state index in [9.17, 15) is 0 Å². The second-order valence-electron chi connectivity index (χ2n) is 4.48. The van der Waals surface area contributed by atoms with Gasteiger partial charge in [0.1, 0.15) is 0 Å². The summed E-state index contributed by atoms with van der Waals surface area (Å²) >= 11 is 12.2. The fraction of sp³-hybridized carbons (Fsp3) is 0.538. The molecule has 1 fully saturated rings. The Labute approximate surface area is 113 Å². The molecule has 0 bridgehead atoms. The van der Waals surface area contributed by atoms with E-state index < -0.39 is 0 Å². The van der Waals surface area contributed by atoms with Crippen molar-refractivity contribution in [1.29, 1.82) is 0 Å². The van der Waals surface area contributed by atoms with Crippen molar-refractivity contribution in [2.75, 3.05) is 24.5 Å². The van der Waals surface area contributed by atoms with Gasteiger partial charge < -0.3 is 10.2 Å². The topological polar surface area (TPSA) is 15.3 Å². The molecule has 2 rings (SSSR count). The minimum Gasteiger partial charge on any atom is -0.367 e. The van der Waals surface area contributed by atoms with Crippen LogP contribution in [0.4, 0.5) is 5.69 Å². The summed E-state index contributed by atoms with van der Waals surface area (Å²) < 4.78 is 0. The first-order valence-corrected chi connectivity index (χ1v) is 6.89. The van der Waals surface area contributed by atoms with Crippen LogP contribution >= 0.6 is 23.2 Å². The Bertz CT molecular complexity index is 380. The third kappa shape index (κ3) is 3.27. The molecule has 1 aliphatic rings. The fourth-order valence-corrected chi connectivity index (χ4v) is 2.85. The van der Waals surface area contributed by atoms with E-state index in [2.05, 4.69) is 17.1 Å². The van der Waals surface area contributed by atoms with Gasteiger partial charge in [-0.05, 0) is 24.6 Å². The van der Waals surface area contributed by atoms with Crippen molar-refractivity contribution in [3.8, 4) is 0 Å². The molecule has 1 saturated heterocycles. The number of hydrogen-bond donors (Lipinski definition) is 1. The summed E-state index contributed by atoms with van der Waals surface area (Å²) in [4.78, 5) is 2.34. The molecule has 0 spiro atoms. The Kier molecular flexibility index (Phi) is 4.55. The molecule has 2 nitrogen and oxygen atoms in total. The summed E-state index contributed by atoms with van der Waals surface area (Å²) in [5.41, 5.74) is 1.10. The van der Waals surface area contributed by atoms with Crippen molar-refractivity contribution < 1.29 is 0 Å². The number of anilines is 1. The largest absolute Gasteiger partial charge is 0.367 e. The van der Waals surface area contributed by atoms with Crippen LogP contribution < -0.4 is 10.2 Å². The van der Waals surface area contributed by atoms with Crippen LogP contribution in [0.25, 0.3) is 0 Å². The van der Waals surface area contributed by atoms with Crippen molar-refractivity contribution >= 4 is 28.9 Å². The van der Waals surface area contributed by atoms with Gasteiger partial charge >= 0.3 is 0 Å². The van der Waals surface area contributed by atoms with Gasteiger partial charge in [-0.15, -0.1) is 0 Å². The summed E-state index contributed by atoms with van der Waals surface area (Å²) in [5.74, 6) is 0. The van der Waals surface area contributed by atoms with E-state index in [-0.39, 0.29) is 0 Å². The highest BCUT2D eigenvalue weighted by molar-refractivity contribution is 6.36. The normalized spacial score (nSPS) is 20.6. The zero-order valence-corrected chi connectivity index (χ0v) is 11.6. The van der Waals surface area contributed by atoms with Gasteiger partial charge in [0, 0.05) is 30.7 Å². The highest BCUT2D eigenvalue weighted by Gasteiger charge is 2.20. The molecule has 1 unspecified atom stereocenters. The maximum atomic E-state index is 6.24. The predicted octanol–water partition coefficient (Wildman–Crippen LogP) is 3.57. The van der Waals surface area contributed by atoms with Crippen LogP contribution in [0.2, 0.25) is 10.0 Å². The van der Waals surface area contributed by atoms with Gasteiger partial charge in [-0.3, -0.25) is 0 Å². The molecule has 4 heteroatoms. The monoisotopic (exact) mass is 272 g/mol. The Morgan fingerprint density at radius 3 is 2.94 bits per heavy atom. The van der Waals surface area contributed by atoms with Crippen molar-refractivity contribution in [1.82, 2.24) is 5.32 Å². The second-order valence-corrected chi connectivity index (χ2v) is 5.33. The van der Waals surface area contributed by atoms with E-state index >= 15 is 0 Å². The van der Waals surface area contributed by atoms with Crippen LogP contribution in [0.15, 0.2) is 18.2 Å². The number of halogens is 2. The summed E-state index contributed by atoms with van der Waals surface area (Å²) in [6.45, 7) is 5.26. The first-order valence-electron chi connectivity index (χ1n) is 6.14. The van der Waals surface area contributed by atoms with Crippen molar-refractivity contribution in [3.05, 3.63) is 28.2 Å². The first-order chi connectivity index (χ1) is 8.20. The maximum Gasteiger partial charge on any atom is 0.0654 e. The Morgan fingerprint density at radius 2 is 2.24 bits per heavy atom. The molecule has 1 N–H and O–H groups in total. The predicted molar refractivity (Wildman–Crippen MR) is 75.4 cm³/mol. The number of nitrogens with zero attached hydrogens (tertiary/aromatic N) is 1. The van der Waals surface area contributed by atoms with Gasteiger partial charge in [0.25, 0.3) is 0 Å². The Balaban J connectivity index is 2.10. The average molecular weight is 273 g/mol. The van der Waals surface area contributed by atoms with Gasteiger partial charge in [0.05, 0.1) is 10.7 Å². The van der Waals surface area contributed by atoms with Crippen LogP contribution in [0.5, 0.6) is 0 Å². The molecule has 1 aromatic rings. The summed E-state index contributed by atoms with van der Waals surface area (Å²) in [7, 11) is 0. The molecule has 17 heavy (non-hydrogen) atoms. The number of rotatable bonds is 3. The molecule has 1 aliphatic heterocycles. The molecule has 0 aliphatic carbocycles. The third-order valence-corrected chi connectivity index (χ3v) is 3.68. The first kappa shape index (κ1) is 13.0. The second kappa shape index (κ2) is 5.94. The summed E-state index contributed by atoms with van der Waals surface area (Å²) in [6.07, 6.45) is 2.42. The fourth-order valence-electron chi connectivity index (χ4n) is 2.32. The Hall–Kier alpha value is -0.440. The molecular weight excluding hydrogens is 255 g/mol. The van der Waals surface area contributed by atoms with E-state index in [4.69, 9.17) is 23.2 Å². The molecule has 1 atom stereocenters. The molecule has 0 aromatic heterocycles. The molecule has 94 valence electrons.